The molecule has 8 heteroatoms. The molecular weight excluding hydrogens is 493 g/mol. The van der Waals surface area contributed by atoms with Gasteiger partial charge in [0.15, 0.2) is 0 Å². The van der Waals surface area contributed by atoms with Gasteiger partial charge in [-0.25, -0.2) is 0 Å². The largest absolute Gasteiger partial charge is 0.488 e. The van der Waals surface area contributed by atoms with Gasteiger partial charge in [-0.3, -0.25) is 19.3 Å². The van der Waals surface area contributed by atoms with Gasteiger partial charge in [-0.05, 0) is 70.6 Å². The summed E-state index contributed by atoms with van der Waals surface area (Å²) < 4.78 is 6.74. The van der Waals surface area contributed by atoms with Gasteiger partial charge >= 0.3 is 5.97 Å². The molecule has 1 heterocycles. The van der Waals surface area contributed by atoms with Crippen molar-refractivity contribution in [3.63, 3.8) is 0 Å². The smallest absolute Gasteiger partial charge is 0.323 e. The molecule has 2 amide bonds. The van der Waals surface area contributed by atoms with Crippen molar-refractivity contribution in [2.75, 3.05) is 6.54 Å². The van der Waals surface area contributed by atoms with E-state index in [4.69, 9.17) is 9.84 Å². The molecule has 0 bridgehead atoms. The number of carboxylic acid groups (broad SMARTS) is 1. The second-order valence-corrected chi connectivity index (χ2v) is 8.28. The number of amides is 2. The number of aryl methyl sites for hydroxylation is 1. The van der Waals surface area contributed by atoms with Gasteiger partial charge in [-0.1, -0.05) is 35.9 Å². The van der Waals surface area contributed by atoms with Gasteiger partial charge in [0.05, 0.1) is 8.48 Å². The number of hydrogen-bond acceptors (Lipinski definition) is 5. The number of carboxylic acids is 1. The van der Waals surface area contributed by atoms with E-state index in [1.165, 1.54) is 5.56 Å². The van der Waals surface area contributed by atoms with E-state index in [1.54, 1.807) is 12.1 Å². The fourth-order valence-electron chi connectivity index (χ4n) is 2.61. The molecule has 1 aliphatic rings. The second-order valence-electron chi connectivity index (χ2n) is 6.13. The molecule has 0 saturated carbocycles. The lowest BCUT2D eigenvalue weighted by Gasteiger charge is -2.10. The minimum Gasteiger partial charge on any atom is -0.488 e. The van der Waals surface area contributed by atoms with Crippen molar-refractivity contribution in [3.05, 3.63) is 67.6 Å². The molecule has 1 N–H and O–H groups in total. The van der Waals surface area contributed by atoms with Crippen LogP contribution in [0, 0.1) is 10.5 Å². The first-order valence-corrected chi connectivity index (χ1v) is 10.2. The summed E-state index contributed by atoms with van der Waals surface area (Å²) in [6.45, 7) is 1.84. The van der Waals surface area contributed by atoms with Crippen LogP contribution in [0.1, 0.15) is 16.7 Å². The molecule has 2 aromatic rings. The molecule has 0 unspecified atom stereocenters. The summed E-state index contributed by atoms with van der Waals surface area (Å²) >= 11 is 2.89. The van der Waals surface area contributed by atoms with Gasteiger partial charge in [0.2, 0.25) is 0 Å². The third-order valence-corrected chi connectivity index (χ3v) is 5.65. The maximum Gasteiger partial charge on any atom is 0.323 e. The molecule has 0 aliphatic carbocycles. The number of ether oxygens (including phenoxy) is 1. The van der Waals surface area contributed by atoms with E-state index in [1.807, 2.05) is 37.3 Å². The number of halogens is 1. The fourth-order valence-corrected chi connectivity index (χ4v) is 4.14. The number of thioether (sulfide) groups is 1. The number of benzene rings is 2. The SMILES string of the molecule is Cc1cccc(COc2ccc(/C=C3/SC(=O)N(CC(=O)O)C3=O)cc2I)c1. The van der Waals surface area contributed by atoms with Gasteiger partial charge in [-0.2, -0.15) is 0 Å². The predicted octanol–water partition coefficient (Wildman–Crippen LogP) is 4.30. The van der Waals surface area contributed by atoms with Crippen LogP contribution >= 0.6 is 34.4 Å². The van der Waals surface area contributed by atoms with Gasteiger partial charge < -0.3 is 9.84 Å². The average molecular weight is 509 g/mol. The van der Waals surface area contributed by atoms with E-state index >= 15 is 0 Å². The molecule has 1 aliphatic heterocycles. The maximum absolute atomic E-state index is 12.2. The number of imide groups is 1. The Morgan fingerprint density at radius 3 is 2.71 bits per heavy atom. The second kappa shape index (κ2) is 8.78. The van der Waals surface area contributed by atoms with Crippen molar-refractivity contribution in [1.29, 1.82) is 0 Å². The van der Waals surface area contributed by atoms with Crippen molar-refractivity contribution < 1.29 is 24.2 Å². The van der Waals surface area contributed by atoms with Crippen LogP contribution < -0.4 is 4.74 Å². The maximum atomic E-state index is 12.2. The molecule has 6 nitrogen and oxygen atoms in total. The van der Waals surface area contributed by atoms with Crippen LogP contribution in [0.5, 0.6) is 5.75 Å². The summed E-state index contributed by atoms with van der Waals surface area (Å²) in [4.78, 5) is 35.8. The van der Waals surface area contributed by atoms with E-state index in [0.717, 1.165) is 37.1 Å². The van der Waals surface area contributed by atoms with E-state index in [9.17, 15) is 14.4 Å². The Morgan fingerprint density at radius 2 is 2.04 bits per heavy atom. The molecule has 0 radical (unpaired) electrons. The van der Waals surface area contributed by atoms with Gasteiger partial charge in [-0.15, -0.1) is 0 Å². The number of carbonyl (C=O) groups is 3. The first-order chi connectivity index (χ1) is 13.3. The third kappa shape index (κ3) is 4.93. The summed E-state index contributed by atoms with van der Waals surface area (Å²) in [5.74, 6) is -1.10. The van der Waals surface area contributed by atoms with Crippen LogP contribution in [0.25, 0.3) is 6.08 Å². The predicted molar refractivity (Wildman–Crippen MR) is 115 cm³/mol. The Hall–Kier alpha value is -2.33. The van der Waals surface area contributed by atoms with Crippen LogP contribution in [0.2, 0.25) is 0 Å². The highest BCUT2D eigenvalue weighted by Gasteiger charge is 2.36. The normalized spacial score (nSPS) is 15.4. The van der Waals surface area contributed by atoms with Gasteiger partial charge in [0.25, 0.3) is 11.1 Å². The van der Waals surface area contributed by atoms with Crippen molar-refractivity contribution in [2.45, 2.75) is 13.5 Å². The van der Waals surface area contributed by atoms with Gasteiger partial charge in [0.1, 0.15) is 18.9 Å². The molecule has 144 valence electrons. The Morgan fingerprint density at radius 1 is 1.25 bits per heavy atom. The van der Waals surface area contributed by atoms with Crippen LogP contribution in [0.15, 0.2) is 47.4 Å². The summed E-state index contributed by atoms with van der Waals surface area (Å²) in [7, 11) is 0. The Bertz CT molecular complexity index is 988. The van der Waals surface area contributed by atoms with Crippen LogP contribution in [-0.4, -0.2) is 33.7 Å². The zero-order valence-corrected chi connectivity index (χ0v) is 17.8. The molecule has 1 saturated heterocycles. The zero-order valence-electron chi connectivity index (χ0n) is 14.8. The fraction of sp³-hybridized carbons (Fsp3) is 0.150. The van der Waals surface area contributed by atoms with E-state index in [-0.39, 0.29) is 4.91 Å². The van der Waals surface area contributed by atoms with E-state index < -0.39 is 23.7 Å². The number of nitrogens with zero attached hydrogens (tertiary/aromatic N) is 1. The number of carbonyl (C=O) groups excluding carboxylic acids is 2. The lowest BCUT2D eigenvalue weighted by molar-refractivity contribution is -0.140. The topological polar surface area (TPSA) is 83.9 Å². The van der Waals surface area contributed by atoms with Crippen LogP contribution in [0.3, 0.4) is 0 Å². The van der Waals surface area contributed by atoms with Crippen LogP contribution in [-0.2, 0) is 16.2 Å². The molecule has 28 heavy (non-hydrogen) atoms. The summed E-state index contributed by atoms with van der Waals surface area (Å²) in [5, 5.41) is 8.23. The quantitative estimate of drug-likeness (QED) is 0.462. The molecule has 0 spiro atoms. The first-order valence-electron chi connectivity index (χ1n) is 8.28. The average Bonchev–Trinajstić information content (AvgIpc) is 2.88. The Kier molecular flexibility index (Phi) is 6.40. The molecule has 3 rings (SSSR count). The van der Waals surface area contributed by atoms with E-state index in [2.05, 4.69) is 28.7 Å². The van der Waals surface area contributed by atoms with Crippen molar-refractivity contribution >= 4 is 57.5 Å². The third-order valence-electron chi connectivity index (χ3n) is 3.90. The summed E-state index contributed by atoms with van der Waals surface area (Å²) in [6, 6.07) is 13.5. The highest BCUT2D eigenvalue weighted by atomic mass is 127. The standard InChI is InChI=1S/C20H16INO5S/c1-12-3-2-4-14(7-12)11-27-16-6-5-13(8-15(16)21)9-17-19(25)22(10-18(23)24)20(26)28-17/h2-9H,10-11H2,1H3,(H,23,24)/b17-9+. The highest BCUT2D eigenvalue weighted by molar-refractivity contribution is 14.1. The minimum absolute atomic E-state index is 0.204. The van der Waals surface area contributed by atoms with Gasteiger partial charge in [0, 0.05) is 0 Å². The summed E-state index contributed by atoms with van der Waals surface area (Å²) in [5.41, 5.74) is 2.98. The highest BCUT2D eigenvalue weighted by Crippen LogP contribution is 2.33. The molecule has 0 atom stereocenters. The van der Waals surface area contributed by atoms with E-state index in [0.29, 0.717) is 6.61 Å². The van der Waals surface area contributed by atoms with Crippen molar-refractivity contribution in [1.82, 2.24) is 4.90 Å². The minimum atomic E-state index is -1.23. The van der Waals surface area contributed by atoms with Crippen molar-refractivity contribution in [2.24, 2.45) is 0 Å². The lowest BCUT2D eigenvalue weighted by atomic mass is 10.1. The molecule has 1 fully saturated rings. The molecular formula is C20H16INO5S. The summed E-state index contributed by atoms with van der Waals surface area (Å²) in [6.07, 6.45) is 1.58. The lowest BCUT2D eigenvalue weighted by Crippen LogP contribution is -2.33. The van der Waals surface area contributed by atoms with Crippen molar-refractivity contribution in [3.8, 4) is 5.75 Å². The monoisotopic (exact) mass is 509 g/mol. The Labute approximate surface area is 179 Å². The Balaban J connectivity index is 1.72. The number of rotatable bonds is 6. The van der Waals surface area contributed by atoms with Crippen LogP contribution in [0.4, 0.5) is 4.79 Å². The number of hydrogen-bond donors (Lipinski definition) is 1. The zero-order chi connectivity index (χ0) is 20.3. The first kappa shape index (κ1) is 20.4. The molecule has 2 aromatic carbocycles. The molecule has 0 aromatic heterocycles. The number of aliphatic carboxylic acids is 1.